The molecule has 8 nitrogen and oxygen atoms in total. The molecule has 4 aromatic rings. The third kappa shape index (κ3) is 5.07. The molecule has 2 amide bonds. The highest BCUT2D eigenvalue weighted by Crippen LogP contribution is 2.41. The molecular weight excluding hydrogens is 498 g/mol. The SMILES string of the molecule is CN(C)Cc1ccc(C2Cc3c(-c4cn(C)nc4-c4ccc(N(C)C(=O)N5CCCC5)cc4)ccnc3N2)cc1. The van der Waals surface area contributed by atoms with Crippen LogP contribution >= 0.6 is 0 Å². The van der Waals surface area contributed by atoms with Gasteiger partial charge >= 0.3 is 6.03 Å². The summed E-state index contributed by atoms with van der Waals surface area (Å²) in [6, 6.07) is 19.4. The smallest absolute Gasteiger partial charge is 0.324 e. The van der Waals surface area contributed by atoms with Gasteiger partial charge in [0.2, 0.25) is 0 Å². The number of hydrogen-bond acceptors (Lipinski definition) is 5. The molecular formula is C32H37N7O. The van der Waals surface area contributed by atoms with Gasteiger partial charge in [-0.1, -0.05) is 36.4 Å². The van der Waals surface area contributed by atoms with Gasteiger partial charge in [0.25, 0.3) is 0 Å². The second-order valence-electron chi connectivity index (χ2n) is 11.2. The molecule has 1 unspecified atom stereocenters. The van der Waals surface area contributed by atoms with Gasteiger partial charge in [0.1, 0.15) is 11.5 Å². The molecule has 2 aromatic carbocycles. The Bertz CT molecular complexity index is 1500. The van der Waals surface area contributed by atoms with Crippen molar-refractivity contribution in [1.29, 1.82) is 0 Å². The summed E-state index contributed by atoms with van der Waals surface area (Å²) in [6.45, 7) is 2.61. The van der Waals surface area contributed by atoms with Crippen LogP contribution in [0.4, 0.5) is 16.3 Å². The Labute approximate surface area is 236 Å². The second kappa shape index (κ2) is 10.8. The van der Waals surface area contributed by atoms with Crippen LogP contribution in [-0.2, 0) is 20.0 Å². The maximum Gasteiger partial charge on any atom is 0.324 e. The Morgan fingerprint density at radius 2 is 1.70 bits per heavy atom. The molecule has 2 aromatic heterocycles. The second-order valence-corrected chi connectivity index (χ2v) is 11.2. The summed E-state index contributed by atoms with van der Waals surface area (Å²) in [4.78, 5) is 23.4. The lowest BCUT2D eigenvalue weighted by Gasteiger charge is -2.24. The Balaban J connectivity index is 1.25. The summed E-state index contributed by atoms with van der Waals surface area (Å²) in [5.74, 6) is 0.937. The van der Waals surface area contributed by atoms with Crippen LogP contribution in [0.1, 0.15) is 35.6 Å². The molecule has 0 radical (unpaired) electrons. The lowest BCUT2D eigenvalue weighted by molar-refractivity contribution is 0.217. The van der Waals surface area contributed by atoms with Gasteiger partial charge < -0.3 is 15.1 Å². The van der Waals surface area contributed by atoms with Crippen molar-refractivity contribution in [3.63, 3.8) is 0 Å². The highest BCUT2D eigenvalue weighted by atomic mass is 16.2. The third-order valence-electron chi connectivity index (χ3n) is 7.97. The average molecular weight is 536 g/mol. The van der Waals surface area contributed by atoms with Crippen molar-refractivity contribution in [3.8, 4) is 22.4 Å². The number of rotatable bonds is 6. The predicted molar refractivity (Wildman–Crippen MR) is 160 cm³/mol. The van der Waals surface area contributed by atoms with E-state index >= 15 is 0 Å². The normalized spacial score (nSPS) is 16.3. The van der Waals surface area contributed by atoms with Gasteiger partial charge in [-0.15, -0.1) is 0 Å². The van der Waals surface area contributed by atoms with E-state index in [0.29, 0.717) is 0 Å². The number of pyridine rings is 1. The number of hydrogen-bond donors (Lipinski definition) is 1. The van der Waals surface area contributed by atoms with Crippen LogP contribution in [0.25, 0.3) is 22.4 Å². The molecule has 1 atom stereocenters. The number of aromatic nitrogens is 3. The number of fused-ring (bicyclic) bond motifs is 1. The van der Waals surface area contributed by atoms with Crippen molar-refractivity contribution in [2.75, 3.05) is 44.4 Å². The van der Waals surface area contributed by atoms with E-state index in [0.717, 1.165) is 72.8 Å². The monoisotopic (exact) mass is 535 g/mol. The number of nitrogens with one attached hydrogen (secondary N) is 1. The zero-order valence-corrected chi connectivity index (χ0v) is 23.8. The Kier molecular flexibility index (Phi) is 7.02. The minimum absolute atomic E-state index is 0.0607. The molecule has 206 valence electrons. The van der Waals surface area contributed by atoms with E-state index in [4.69, 9.17) is 5.10 Å². The van der Waals surface area contributed by atoms with Crippen molar-refractivity contribution in [2.24, 2.45) is 7.05 Å². The van der Waals surface area contributed by atoms with Gasteiger partial charge in [-0.2, -0.15) is 5.10 Å². The third-order valence-corrected chi connectivity index (χ3v) is 7.97. The fraction of sp³-hybridized carbons (Fsp3) is 0.344. The molecule has 1 saturated heterocycles. The maximum absolute atomic E-state index is 12.9. The summed E-state index contributed by atoms with van der Waals surface area (Å²) in [5, 5.41) is 8.50. The molecule has 40 heavy (non-hydrogen) atoms. The lowest BCUT2D eigenvalue weighted by atomic mass is 9.95. The first-order valence-electron chi connectivity index (χ1n) is 14.0. The van der Waals surface area contributed by atoms with E-state index in [1.165, 1.54) is 16.7 Å². The number of amides is 2. The molecule has 0 spiro atoms. The van der Waals surface area contributed by atoms with Crippen LogP contribution in [0.3, 0.4) is 0 Å². The zero-order valence-electron chi connectivity index (χ0n) is 23.8. The van der Waals surface area contributed by atoms with Crippen LogP contribution in [0, 0.1) is 0 Å². The van der Waals surface area contributed by atoms with Crippen LogP contribution in [0.2, 0.25) is 0 Å². The van der Waals surface area contributed by atoms with Gasteiger partial charge in [-0.3, -0.25) is 9.58 Å². The molecule has 4 heterocycles. The molecule has 0 aliphatic carbocycles. The van der Waals surface area contributed by atoms with Crippen LogP contribution in [0.15, 0.2) is 67.0 Å². The average Bonchev–Trinajstić information content (AvgIpc) is 3.72. The van der Waals surface area contributed by atoms with E-state index in [9.17, 15) is 4.79 Å². The summed E-state index contributed by atoms with van der Waals surface area (Å²) in [6.07, 6.45) is 6.99. The minimum Gasteiger partial charge on any atom is -0.363 e. The van der Waals surface area contributed by atoms with Crippen molar-refractivity contribution >= 4 is 17.5 Å². The minimum atomic E-state index is 0.0607. The Morgan fingerprint density at radius 1 is 0.975 bits per heavy atom. The van der Waals surface area contributed by atoms with Gasteiger partial charge in [-0.25, -0.2) is 9.78 Å². The standard InChI is InChI=1S/C32H37N7O/c1-36(2)20-22-7-9-23(10-8-22)29-19-27-26(15-16-33-31(27)34-29)28-21-37(3)35-30(28)24-11-13-25(14-12-24)38(4)32(40)39-17-5-6-18-39/h7-16,21,29H,5-6,17-20H2,1-4H3,(H,33,34). The molecule has 2 aliphatic rings. The molecule has 6 rings (SSSR count). The highest BCUT2D eigenvalue weighted by molar-refractivity contribution is 5.92. The Hall–Kier alpha value is -4.17. The van der Waals surface area contributed by atoms with Crippen molar-refractivity contribution in [2.45, 2.75) is 31.8 Å². The first kappa shape index (κ1) is 26.1. The van der Waals surface area contributed by atoms with Crippen molar-refractivity contribution < 1.29 is 4.79 Å². The number of urea groups is 1. The van der Waals surface area contributed by atoms with Gasteiger partial charge in [-0.05, 0) is 61.8 Å². The fourth-order valence-corrected chi connectivity index (χ4v) is 5.89. The number of carbonyl (C=O) groups excluding carboxylic acids is 1. The topological polar surface area (TPSA) is 69.5 Å². The van der Waals surface area contributed by atoms with Gasteiger partial charge in [0.05, 0.1) is 6.04 Å². The number of anilines is 2. The number of benzene rings is 2. The number of likely N-dealkylation sites (tertiary alicyclic amines) is 1. The molecule has 2 aliphatic heterocycles. The number of aryl methyl sites for hydroxylation is 1. The summed E-state index contributed by atoms with van der Waals surface area (Å²) in [5.41, 5.74) is 8.84. The quantitative estimate of drug-likeness (QED) is 0.350. The summed E-state index contributed by atoms with van der Waals surface area (Å²) >= 11 is 0. The van der Waals surface area contributed by atoms with E-state index in [2.05, 4.69) is 78.0 Å². The van der Waals surface area contributed by atoms with E-state index in [-0.39, 0.29) is 12.1 Å². The Morgan fingerprint density at radius 3 is 2.40 bits per heavy atom. The summed E-state index contributed by atoms with van der Waals surface area (Å²) in [7, 11) is 7.99. The van der Waals surface area contributed by atoms with Crippen LogP contribution < -0.4 is 10.2 Å². The first-order valence-corrected chi connectivity index (χ1v) is 14.0. The number of nitrogens with zero attached hydrogens (tertiary/aromatic N) is 6. The first-order chi connectivity index (χ1) is 19.4. The van der Waals surface area contributed by atoms with Gasteiger partial charge in [0.15, 0.2) is 0 Å². The van der Waals surface area contributed by atoms with E-state index < -0.39 is 0 Å². The molecule has 8 heteroatoms. The molecule has 0 bridgehead atoms. The largest absolute Gasteiger partial charge is 0.363 e. The zero-order chi connectivity index (χ0) is 27.8. The maximum atomic E-state index is 12.9. The highest BCUT2D eigenvalue weighted by Gasteiger charge is 2.28. The van der Waals surface area contributed by atoms with E-state index in [1.807, 2.05) is 42.0 Å². The molecule has 1 fully saturated rings. The van der Waals surface area contributed by atoms with Crippen molar-refractivity contribution in [1.82, 2.24) is 24.6 Å². The van der Waals surface area contributed by atoms with Gasteiger partial charge in [0, 0.05) is 74.9 Å². The van der Waals surface area contributed by atoms with E-state index in [1.54, 1.807) is 4.90 Å². The lowest BCUT2D eigenvalue weighted by Crippen LogP contribution is -2.39. The summed E-state index contributed by atoms with van der Waals surface area (Å²) < 4.78 is 1.87. The predicted octanol–water partition coefficient (Wildman–Crippen LogP) is 5.57. The molecule has 0 saturated carbocycles. The van der Waals surface area contributed by atoms with Crippen LogP contribution in [-0.4, -0.2) is 64.8 Å². The van der Waals surface area contributed by atoms with Crippen LogP contribution in [0.5, 0.6) is 0 Å². The number of carbonyl (C=O) groups is 1. The molecule has 1 N–H and O–H groups in total. The fourth-order valence-electron chi connectivity index (χ4n) is 5.89. The van der Waals surface area contributed by atoms with Crippen molar-refractivity contribution in [3.05, 3.63) is 83.7 Å².